The quantitative estimate of drug-likeness (QED) is 0.728. The third-order valence-electron chi connectivity index (χ3n) is 3.20. The Morgan fingerprint density at radius 2 is 2.31 bits per heavy atom. The van der Waals surface area contributed by atoms with Crippen LogP contribution in [0.25, 0.3) is 0 Å². The number of aromatic hydroxyl groups is 1. The van der Waals surface area contributed by atoms with Gasteiger partial charge in [-0.25, -0.2) is 0 Å². The first-order chi connectivity index (χ1) is 7.70. The van der Waals surface area contributed by atoms with E-state index in [0.29, 0.717) is 11.8 Å². The number of nitrogens with one attached hydrogen (secondary N) is 1. The van der Waals surface area contributed by atoms with Gasteiger partial charge in [0.05, 0.1) is 6.61 Å². The molecule has 1 aromatic rings. The summed E-state index contributed by atoms with van der Waals surface area (Å²) in [5.41, 5.74) is 2.50. The summed E-state index contributed by atoms with van der Waals surface area (Å²) in [7, 11) is 0. The summed E-state index contributed by atoms with van der Waals surface area (Å²) in [5, 5.41) is 21.9. The number of phenols is 1. The molecule has 88 valence electrons. The lowest BCUT2D eigenvalue weighted by Gasteiger charge is -2.28. The summed E-state index contributed by atoms with van der Waals surface area (Å²) in [6, 6.07) is 6.01. The molecule has 16 heavy (non-hydrogen) atoms. The first-order valence-corrected chi connectivity index (χ1v) is 5.89. The van der Waals surface area contributed by atoms with Gasteiger partial charge in [-0.1, -0.05) is 6.07 Å². The van der Waals surface area contributed by atoms with E-state index >= 15 is 0 Å². The van der Waals surface area contributed by atoms with Gasteiger partial charge in [-0.05, 0) is 49.4 Å². The van der Waals surface area contributed by atoms with E-state index in [2.05, 4.69) is 5.32 Å². The van der Waals surface area contributed by atoms with Crippen LogP contribution >= 0.6 is 0 Å². The summed E-state index contributed by atoms with van der Waals surface area (Å²) in [6.07, 6.45) is 3.27. The third-order valence-corrected chi connectivity index (χ3v) is 3.20. The van der Waals surface area contributed by atoms with Crippen molar-refractivity contribution in [2.75, 3.05) is 6.61 Å². The molecule has 1 aromatic carbocycles. The molecule has 0 saturated carbocycles. The van der Waals surface area contributed by atoms with E-state index in [1.807, 2.05) is 19.1 Å². The molecule has 1 aliphatic carbocycles. The second-order valence-electron chi connectivity index (χ2n) is 4.58. The predicted molar refractivity (Wildman–Crippen MR) is 63.5 cm³/mol. The molecule has 3 nitrogen and oxygen atoms in total. The van der Waals surface area contributed by atoms with Crippen LogP contribution in [0.15, 0.2) is 18.2 Å². The minimum atomic E-state index is 0.116. The summed E-state index contributed by atoms with van der Waals surface area (Å²) < 4.78 is 0. The van der Waals surface area contributed by atoms with Crippen molar-refractivity contribution in [2.24, 2.45) is 0 Å². The Hall–Kier alpha value is -1.06. The van der Waals surface area contributed by atoms with Crippen molar-refractivity contribution in [3.8, 4) is 5.75 Å². The maximum absolute atomic E-state index is 9.44. The molecule has 2 unspecified atom stereocenters. The summed E-state index contributed by atoms with van der Waals surface area (Å²) in [6.45, 7) is 2.14. The highest BCUT2D eigenvalue weighted by molar-refractivity contribution is 5.38. The van der Waals surface area contributed by atoms with Crippen LogP contribution in [0.5, 0.6) is 5.75 Å². The van der Waals surface area contributed by atoms with E-state index in [1.165, 1.54) is 11.1 Å². The number of hydrogen-bond acceptors (Lipinski definition) is 3. The molecule has 3 heteroatoms. The molecule has 0 heterocycles. The summed E-state index contributed by atoms with van der Waals surface area (Å²) >= 11 is 0. The van der Waals surface area contributed by atoms with E-state index in [-0.39, 0.29) is 12.6 Å². The molecule has 0 spiro atoms. The maximum Gasteiger partial charge on any atom is 0.115 e. The number of benzene rings is 1. The first kappa shape index (κ1) is 11.4. The molecular formula is C13H19NO2. The van der Waals surface area contributed by atoms with Crippen LogP contribution in [0.2, 0.25) is 0 Å². The lowest BCUT2D eigenvalue weighted by atomic mass is 9.87. The highest BCUT2D eigenvalue weighted by Crippen LogP contribution is 2.32. The Balaban J connectivity index is 2.19. The molecular weight excluding hydrogens is 202 g/mol. The average Bonchev–Trinajstić information content (AvgIpc) is 2.28. The van der Waals surface area contributed by atoms with E-state index in [1.54, 1.807) is 6.07 Å². The largest absolute Gasteiger partial charge is 0.508 e. The standard InChI is InChI=1S/C13H19NO2/c1-9(8-15)14-13-4-2-3-10-7-11(16)5-6-12(10)13/h5-7,9,13-16H,2-4,8H2,1H3. The van der Waals surface area contributed by atoms with Gasteiger partial charge in [-0.2, -0.15) is 0 Å². The monoisotopic (exact) mass is 221 g/mol. The molecule has 0 bridgehead atoms. The van der Waals surface area contributed by atoms with E-state index < -0.39 is 0 Å². The second-order valence-corrected chi connectivity index (χ2v) is 4.58. The minimum absolute atomic E-state index is 0.116. The number of aliphatic hydroxyl groups excluding tert-OH is 1. The minimum Gasteiger partial charge on any atom is -0.508 e. The van der Waals surface area contributed by atoms with Crippen molar-refractivity contribution in [1.29, 1.82) is 0 Å². The Morgan fingerprint density at radius 3 is 3.06 bits per heavy atom. The van der Waals surface area contributed by atoms with Crippen LogP contribution in [0.3, 0.4) is 0 Å². The maximum atomic E-state index is 9.44. The van der Waals surface area contributed by atoms with Gasteiger partial charge in [0.2, 0.25) is 0 Å². The SMILES string of the molecule is CC(CO)NC1CCCc2cc(O)ccc21. The average molecular weight is 221 g/mol. The van der Waals surface area contributed by atoms with Crippen molar-refractivity contribution < 1.29 is 10.2 Å². The zero-order valence-corrected chi connectivity index (χ0v) is 9.61. The third kappa shape index (κ3) is 2.36. The van der Waals surface area contributed by atoms with Gasteiger partial charge in [0.25, 0.3) is 0 Å². The van der Waals surface area contributed by atoms with Crippen LogP contribution in [0, 0.1) is 0 Å². The molecule has 2 atom stereocenters. The van der Waals surface area contributed by atoms with Crippen molar-refractivity contribution in [2.45, 2.75) is 38.3 Å². The highest BCUT2D eigenvalue weighted by Gasteiger charge is 2.21. The van der Waals surface area contributed by atoms with Gasteiger partial charge < -0.3 is 15.5 Å². The van der Waals surface area contributed by atoms with Gasteiger partial charge in [-0.3, -0.25) is 0 Å². The number of aliphatic hydroxyl groups is 1. The molecule has 0 amide bonds. The Morgan fingerprint density at radius 1 is 1.50 bits per heavy atom. The number of rotatable bonds is 3. The number of aryl methyl sites for hydroxylation is 1. The fourth-order valence-electron chi connectivity index (χ4n) is 2.37. The zero-order chi connectivity index (χ0) is 11.5. The Bertz CT molecular complexity index is 365. The van der Waals surface area contributed by atoms with Gasteiger partial charge in [0.15, 0.2) is 0 Å². The van der Waals surface area contributed by atoms with Crippen LogP contribution in [-0.4, -0.2) is 22.9 Å². The molecule has 2 rings (SSSR count). The predicted octanol–water partition coefficient (Wildman–Crippen LogP) is 1.74. The van der Waals surface area contributed by atoms with Crippen molar-refractivity contribution in [3.05, 3.63) is 29.3 Å². The smallest absolute Gasteiger partial charge is 0.115 e. The van der Waals surface area contributed by atoms with Crippen LogP contribution in [0.4, 0.5) is 0 Å². The number of fused-ring (bicyclic) bond motifs is 1. The van der Waals surface area contributed by atoms with Crippen molar-refractivity contribution in [3.63, 3.8) is 0 Å². The van der Waals surface area contributed by atoms with Crippen molar-refractivity contribution in [1.82, 2.24) is 5.32 Å². The number of phenolic OH excluding ortho intramolecular Hbond substituents is 1. The van der Waals surface area contributed by atoms with Gasteiger partial charge in [0, 0.05) is 12.1 Å². The van der Waals surface area contributed by atoms with E-state index in [0.717, 1.165) is 19.3 Å². The lowest BCUT2D eigenvalue weighted by molar-refractivity contribution is 0.236. The van der Waals surface area contributed by atoms with Crippen LogP contribution < -0.4 is 5.32 Å². The van der Waals surface area contributed by atoms with Crippen LogP contribution in [-0.2, 0) is 6.42 Å². The summed E-state index contributed by atoms with van der Waals surface area (Å²) in [5.74, 6) is 0.342. The molecule has 0 radical (unpaired) electrons. The topological polar surface area (TPSA) is 52.5 Å². The Labute approximate surface area is 96.1 Å². The van der Waals surface area contributed by atoms with Gasteiger partial charge in [0.1, 0.15) is 5.75 Å². The molecule has 0 fully saturated rings. The highest BCUT2D eigenvalue weighted by atomic mass is 16.3. The first-order valence-electron chi connectivity index (χ1n) is 5.89. The van der Waals surface area contributed by atoms with Gasteiger partial charge >= 0.3 is 0 Å². The molecule has 3 N–H and O–H groups in total. The Kier molecular flexibility index (Phi) is 3.46. The normalized spacial score (nSPS) is 21.5. The van der Waals surface area contributed by atoms with E-state index in [9.17, 15) is 5.11 Å². The molecule has 0 saturated heterocycles. The fourth-order valence-corrected chi connectivity index (χ4v) is 2.37. The number of hydrogen-bond donors (Lipinski definition) is 3. The molecule has 0 aromatic heterocycles. The summed E-state index contributed by atoms with van der Waals surface area (Å²) in [4.78, 5) is 0. The fraction of sp³-hybridized carbons (Fsp3) is 0.538. The lowest BCUT2D eigenvalue weighted by Crippen LogP contribution is -2.34. The second kappa shape index (κ2) is 4.85. The van der Waals surface area contributed by atoms with Crippen molar-refractivity contribution >= 4 is 0 Å². The molecule has 0 aliphatic heterocycles. The zero-order valence-electron chi connectivity index (χ0n) is 9.61. The van der Waals surface area contributed by atoms with Crippen LogP contribution in [0.1, 0.15) is 36.9 Å². The van der Waals surface area contributed by atoms with Gasteiger partial charge in [-0.15, -0.1) is 0 Å². The molecule has 1 aliphatic rings. The van der Waals surface area contributed by atoms with E-state index in [4.69, 9.17) is 5.11 Å².